The fraction of sp³-hybridized carbons (Fsp3) is 0.600. The third-order valence-corrected chi connectivity index (χ3v) is 3.35. The second-order valence-corrected chi connectivity index (χ2v) is 4.82. The van der Waals surface area contributed by atoms with Crippen molar-refractivity contribution in [2.24, 2.45) is 0 Å². The fourth-order valence-corrected chi connectivity index (χ4v) is 2.29. The lowest BCUT2D eigenvalue weighted by Crippen LogP contribution is -2.21. The van der Waals surface area contributed by atoms with Gasteiger partial charge >= 0.3 is 0 Å². The maximum absolute atomic E-state index is 5.73. The number of nitrogens with zero attached hydrogens (tertiary/aromatic N) is 1. The summed E-state index contributed by atoms with van der Waals surface area (Å²) in [5.41, 5.74) is 1.08. The number of likely N-dealkylation sites (tertiary alicyclic amines) is 1. The molecule has 0 saturated carbocycles. The van der Waals surface area contributed by atoms with Gasteiger partial charge in [-0.2, -0.15) is 0 Å². The zero-order valence-corrected chi connectivity index (χ0v) is 11.6. The first-order valence-corrected chi connectivity index (χ1v) is 6.98. The van der Waals surface area contributed by atoms with Crippen LogP contribution < -0.4 is 4.74 Å². The van der Waals surface area contributed by atoms with Crippen molar-refractivity contribution < 1.29 is 14.5 Å². The predicted octanol–water partition coefficient (Wildman–Crippen LogP) is 2.63. The molecule has 1 aliphatic rings. The Morgan fingerprint density at radius 3 is 2.53 bits per heavy atom. The molecular formula is C15H23NO3. The van der Waals surface area contributed by atoms with Crippen LogP contribution in [-0.4, -0.2) is 38.3 Å². The van der Waals surface area contributed by atoms with Crippen LogP contribution >= 0.6 is 0 Å². The van der Waals surface area contributed by atoms with Crippen LogP contribution in [0.25, 0.3) is 0 Å². The predicted molar refractivity (Wildman–Crippen MR) is 74.0 cm³/mol. The molecule has 19 heavy (non-hydrogen) atoms. The molecule has 1 aromatic carbocycles. The van der Waals surface area contributed by atoms with Crippen LogP contribution in [0.4, 0.5) is 0 Å². The van der Waals surface area contributed by atoms with Crippen LogP contribution in [0.15, 0.2) is 24.3 Å². The Morgan fingerprint density at radius 2 is 1.84 bits per heavy atom. The van der Waals surface area contributed by atoms with Gasteiger partial charge in [-0.1, -0.05) is 12.1 Å². The third-order valence-electron chi connectivity index (χ3n) is 3.35. The zero-order valence-electron chi connectivity index (χ0n) is 11.6. The molecular weight excluding hydrogens is 242 g/mol. The van der Waals surface area contributed by atoms with Crippen molar-refractivity contribution in [3.8, 4) is 5.75 Å². The molecule has 0 spiro atoms. The molecule has 106 valence electrons. The van der Waals surface area contributed by atoms with Crippen molar-refractivity contribution in [1.82, 2.24) is 4.90 Å². The molecule has 1 fully saturated rings. The Balaban J connectivity index is 1.62. The van der Waals surface area contributed by atoms with E-state index in [0.29, 0.717) is 6.61 Å². The van der Waals surface area contributed by atoms with Crippen LogP contribution in [0, 0.1) is 0 Å². The van der Waals surface area contributed by atoms with Gasteiger partial charge in [-0.05, 0) is 50.0 Å². The second kappa shape index (κ2) is 8.15. The average molecular weight is 265 g/mol. The van der Waals surface area contributed by atoms with Crippen LogP contribution in [0.5, 0.6) is 5.75 Å². The van der Waals surface area contributed by atoms with E-state index in [1.54, 1.807) is 0 Å². The van der Waals surface area contributed by atoms with E-state index in [0.717, 1.165) is 30.9 Å². The Hall–Kier alpha value is -1.10. The normalized spacial score (nSPS) is 15.8. The monoisotopic (exact) mass is 265 g/mol. The van der Waals surface area contributed by atoms with E-state index in [-0.39, 0.29) is 0 Å². The maximum atomic E-state index is 5.73. The standard InChI is InChI=1S/C15H23NO3/c1-17-19-13-14-5-7-15(8-6-14)18-12-4-11-16-9-2-3-10-16/h5-8H,2-4,9-13H2,1H3. The van der Waals surface area contributed by atoms with Crippen LogP contribution in [-0.2, 0) is 16.4 Å². The minimum atomic E-state index is 0.464. The summed E-state index contributed by atoms with van der Waals surface area (Å²) in [5.74, 6) is 0.919. The minimum Gasteiger partial charge on any atom is -0.494 e. The summed E-state index contributed by atoms with van der Waals surface area (Å²) in [4.78, 5) is 11.9. The summed E-state index contributed by atoms with van der Waals surface area (Å²) < 4.78 is 5.73. The number of hydrogen-bond donors (Lipinski definition) is 0. The van der Waals surface area contributed by atoms with E-state index in [2.05, 4.69) is 9.79 Å². The van der Waals surface area contributed by atoms with E-state index < -0.39 is 0 Å². The van der Waals surface area contributed by atoms with Crippen molar-refractivity contribution in [1.29, 1.82) is 0 Å². The zero-order chi connectivity index (χ0) is 13.3. The Labute approximate surface area is 115 Å². The highest BCUT2D eigenvalue weighted by Crippen LogP contribution is 2.13. The quantitative estimate of drug-likeness (QED) is 0.411. The molecule has 0 N–H and O–H groups in total. The van der Waals surface area contributed by atoms with E-state index in [4.69, 9.17) is 9.62 Å². The molecule has 0 bridgehead atoms. The first-order valence-electron chi connectivity index (χ1n) is 6.98. The number of benzene rings is 1. The Morgan fingerprint density at radius 1 is 1.11 bits per heavy atom. The van der Waals surface area contributed by atoms with Gasteiger partial charge in [0.25, 0.3) is 0 Å². The lowest BCUT2D eigenvalue weighted by molar-refractivity contribution is -0.282. The van der Waals surface area contributed by atoms with Crippen molar-refractivity contribution in [3.63, 3.8) is 0 Å². The highest BCUT2D eigenvalue weighted by molar-refractivity contribution is 5.26. The first kappa shape index (κ1) is 14.3. The first-order chi connectivity index (χ1) is 9.38. The molecule has 0 radical (unpaired) electrons. The van der Waals surface area contributed by atoms with Gasteiger partial charge in [0.1, 0.15) is 12.4 Å². The number of hydrogen-bond acceptors (Lipinski definition) is 4. The van der Waals surface area contributed by atoms with Crippen molar-refractivity contribution in [3.05, 3.63) is 29.8 Å². The van der Waals surface area contributed by atoms with E-state index in [9.17, 15) is 0 Å². The van der Waals surface area contributed by atoms with Gasteiger partial charge in [0, 0.05) is 6.54 Å². The van der Waals surface area contributed by atoms with Crippen molar-refractivity contribution >= 4 is 0 Å². The SMILES string of the molecule is COOCc1ccc(OCCCN2CCCC2)cc1. The lowest BCUT2D eigenvalue weighted by Gasteiger charge is -2.14. The molecule has 0 amide bonds. The van der Waals surface area contributed by atoms with Gasteiger partial charge in [-0.15, -0.1) is 0 Å². The summed E-state index contributed by atoms with van der Waals surface area (Å²) in [6.07, 6.45) is 3.80. The molecule has 0 unspecified atom stereocenters. The minimum absolute atomic E-state index is 0.464. The molecule has 4 nitrogen and oxygen atoms in total. The van der Waals surface area contributed by atoms with Crippen molar-refractivity contribution in [2.45, 2.75) is 25.9 Å². The lowest BCUT2D eigenvalue weighted by atomic mass is 10.2. The van der Waals surface area contributed by atoms with Gasteiger partial charge in [-0.25, -0.2) is 9.78 Å². The molecule has 0 aliphatic carbocycles. The molecule has 1 heterocycles. The van der Waals surface area contributed by atoms with Crippen LogP contribution in [0.1, 0.15) is 24.8 Å². The summed E-state index contributed by atoms with van der Waals surface area (Å²) in [6, 6.07) is 7.94. The third kappa shape index (κ3) is 5.19. The molecule has 1 aliphatic heterocycles. The van der Waals surface area contributed by atoms with Gasteiger partial charge in [0.2, 0.25) is 0 Å². The Bertz CT molecular complexity index is 347. The van der Waals surface area contributed by atoms with Crippen LogP contribution in [0.3, 0.4) is 0 Å². The van der Waals surface area contributed by atoms with Crippen molar-refractivity contribution in [2.75, 3.05) is 33.4 Å². The van der Waals surface area contributed by atoms with Gasteiger partial charge < -0.3 is 9.64 Å². The van der Waals surface area contributed by atoms with Gasteiger partial charge in [0.05, 0.1) is 13.7 Å². The summed E-state index contributed by atoms with van der Waals surface area (Å²) in [6.45, 7) is 4.91. The average Bonchev–Trinajstić information content (AvgIpc) is 2.96. The topological polar surface area (TPSA) is 30.9 Å². The highest BCUT2D eigenvalue weighted by atomic mass is 17.2. The molecule has 1 aromatic rings. The highest BCUT2D eigenvalue weighted by Gasteiger charge is 2.10. The Kier molecular flexibility index (Phi) is 6.14. The van der Waals surface area contributed by atoms with Gasteiger partial charge in [0.15, 0.2) is 0 Å². The summed E-state index contributed by atoms with van der Waals surface area (Å²) in [5, 5.41) is 0. The fourth-order valence-electron chi connectivity index (χ4n) is 2.29. The smallest absolute Gasteiger partial charge is 0.119 e. The van der Waals surface area contributed by atoms with E-state index in [1.807, 2.05) is 24.3 Å². The van der Waals surface area contributed by atoms with Crippen LogP contribution in [0.2, 0.25) is 0 Å². The van der Waals surface area contributed by atoms with Gasteiger partial charge in [-0.3, -0.25) is 0 Å². The molecule has 0 aromatic heterocycles. The molecule has 2 rings (SSSR count). The molecule has 4 heteroatoms. The largest absolute Gasteiger partial charge is 0.494 e. The number of ether oxygens (including phenoxy) is 1. The van der Waals surface area contributed by atoms with E-state index >= 15 is 0 Å². The second-order valence-electron chi connectivity index (χ2n) is 4.82. The molecule has 0 atom stereocenters. The summed E-state index contributed by atoms with van der Waals surface area (Å²) >= 11 is 0. The molecule has 1 saturated heterocycles. The van der Waals surface area contributed by atoms with E-state index in [1.165, 1.54) is 33.0 Å². The number of rotatable bonds is 8. The maximum Gasteiger partial charge on any atom is 0.119 e. The summed E-state index contributed by atoms with van der Waals surface area (Å²) in [7, 11) is 1.51.